The van der Waals surface area contributed by atoms with Crippen LogP contribution in [0.3, 0.4) is 0 Å². The molecule has 2 nitrogen and oxygen atoms in total. The molecule has 2 aromatic carbocycles. The summed E-state index contributed by atoms with van der Waals surface area (Å²) in [6, 6.07) is 19.4. The van der Waals surface area contributed by atoms with Crippen LogP contribution in [0, 0.1) is 0 Å². The second-order valence-electron chi connectivity index (χ2n) is 6.18. The summed E-state index contributed by atoms with van der Waals surface area (Å²) in [5.74, 6) is 5.90. The Kier molecular flexibility index (Phi) is 5.16. The lowest BCUT2D eigenvalue weighted by atomic mass is 9.75. The number of hydrazine groups is 1. The standard InChI is InChI=1S/C19H26N2/c1-4-9-15-10-8-11-16(14-15)18(21-20)19(2,3)17-12-6-5-7-13-17/h5-8,10-14,18,21H,4,9,20H2,1-3H3. The van der Waals surface area contributed by atoms with Crippen LogP contribution in [-0.4, -0.2) is 0 Å². The van der Waals surface area contributed by atoms with E-state index >= 15 is 0 Å². The molecular formula is C19H26N2. The van der Waals surface area contributed by atoms with Crippen molar-refractivity contribution in [2.45, 2.75) is 45.1 Å². The minimum absolute atomic E-state index is 0.0803. The molecule has 0 amide bonds. The van der Waals surface area contributed by atoms with Crippen molar-refractivity contribution in [2.24, 2.45) is 5.84 Å². The van der Waals surface area contributed by atoms with E-state index in [2.05, 4.69) is 74.7 Å². The first-order chi connectivity index (χ1) is 10.1. The second-order valence-corrected chi connectivity index (χ2v) is 6.18. The predicted octanol–water partition coefficient (Wildman–Crippen LogP) is 4.12. The molecule has 112 valence electrons. The zero-order valence-electron chi connectivity index (χ0n) is 13.3. The Morgan fingerprint density at radius 3 is 2.38 bits per heavy atom. The molecule has 3 N–H and O–H groups in total. The van der Waals surface area contributed by atoms with Crippen molar-refractivity contribution in [3.63, 3.8) is 0 Å². The molecule has 2 heteroatoms. The fraction of sp³-hybridized carbons (Fsp3) is 0.368. The lowest BCUT2D eigenvalue weighted by molar-refractivity contribution is 0.352. The highest BCUT2D eigenvalue weighted by molar-refractivity contribution is 5.34. The van der Waals surface area contributed by atoms with E-state index in [0.717, 1.165) is 12.8 Å². The minimum atomic E-state index is -0.0825. The summed E-state index contributed by atoms with van der Waals surface area (Å²) in [6.45, 7) is 6.68. The Morgan fingerprint density at radius 1 is 1.05 bits per heavy atom. The van der Waals surface area contributed by atoms with Gasteiger partial charge in [0.05, 0.1) is 6.04 Å². The van der Waals surface area contributed by atoms with Crippen molar-refractivity contribution in [1.82, 2.24) is 5.43 Å². The van der Waals surface area contributed by atoms with Gasteiger partial charge >= 0.3 is 0 Å². The van der Waals surface area contributed by atoms with Gasteiger partial charge in [-0.15, -0.1) is 0 Å². The van der Waals surface area contributed by atoms with Gasteiger partial charge in [-0.2, -0.15) is 0 Å². The summed E-state index contributed by atoms with van der Waals surface area (Å²) in [4.78, 5) is 0. The Hall–Kier alpha value is -1.64. The van der Waals surface area contributed by atoms with Gasteiger partial charge in [-0.3, -0.25) is 11.3 Å². The summed E-state index contributed by atoms with van der Waals surface area (Å²) >= 11 is 0. The highest BCUT2D eigenvalue weighted by Gasteiger charge is 2.31. The van der Waals surface area contributed by atoms with E-state index in [1.165, 1.54) is 16.7 Å². The number of hydrogen-bond donors (Lipinski definition) is 2. The van der Waals surface area contributed by atoms with Crippen LogP contribution in [0.5, 0.6) is 0 Å². The average molecular weight is 282 g/mol. The third kappa shape index (κ3) is 3.52. The molecule has 0 aliphatic carbocycles. The van der Waals surface area contributed by atoms with Gasteiger partial charge in [0.25, 0.3) is 0 Å². The maximum absolute atomic E-state index is 5.90. The number of nitrogens with two attached hydrogens (primary N) is 1. The maximum Gasteiger partial charge on any atom is 0.0551 e. The molecule has 0 saturated carbocycles. The number of nitrogens with one attached hydrogen (secondary N) is 1. The quantitative estimate of drug-likeness (QED) is 0.618. The van der Waals surface area contributed by atoms with Crippen LogP contribution in [0.25, 0.3) is 0 Å². The molecule has 1 atom stereocenters. The van der Waals surface area contributed by atoms with E-state index in [1.807, 2.05) is 6.07 Å². The zero-order valence-corrected chi connectivity index (χ0v) is 13.3. The SMILES string of the molecule is CCCc1cccc(C(NN)C(C)(C)c2ccccc2)c1. The third-order valence-corrected chi connectivity index (χ3v) is 4.23. The fourth-order valence-electron chi connectivity index (χ4n) is 2.97. The molecule has 0 aliphatic heterocycles. The molecule has 0 fully saturated rings. The first-order valence-corrected chi connectivity index (χ1v) is 7.70. The van der Waals surface area contributed by atoms with Crippen molar-refractivity contribution >= 4 is 0 Å². The zero-order chi connectivity index (χ0) is 15.3. The van der Waals surface area contributed by atoms with Crippen molar-refractivity contribution in [1.29, 1.82) is 0 Å². The van der Waals surface area contributed by atoms with Gasteiger partial charge in [0.1, 0.15) is 0 Å². The van der Waals surface area contributed by atoms with Crippen molar-refractivity contribution in [3.05, 3.63) is 71.3 Å². The first-order valence-electron chi connectivity index (χ1n) is 7.70. The lowest BCUT2D eigenvalue weighted by Gasteiger charge is -2.35. The Labute approximate surface area is 128 Å². The van der Waals surface area contributed by atoms with E-state index < -0.39 is 0 Å². The van der Waals surface area contributed by atoms with E-state index in [1.54, 1.807) is 0 Å². The summed E-state index contributed by atoms with van der Waals surface area (Å²) in [5.41, 5.74) is 6.85. The van der Waals surface area contributed by atoms with Crippen LogP contribution in [0.4, 0.5) is 0 Å². The smallest absolute Gasteiger partial charge is 0.0551 e. The topological polar surface area (TPSA) is 38.0 Å². The third-order valence-electron chi connectivity index (χ3n) is 4.23. The Bertz CT molecular complexity index is 561. The van der Waals surface area contributed by atoms with Crippen LogP contribution in [0.1, 0.15) is 49.9 Å². The summed E-state index contributed by atoms with van der Waals surface area (Å²) < 4.78 is 0. The number of hydrogen-bond acceptors (Lipinski definition) is 2. The Morgan fingerprint density at radius 2 is 1.76 bits per heavy atom. The van der Waals surface area contributed by atoms with E-state index in [-0.39, 0.29) is 11.5 Å². The summed E-state index contributed by atoms with van der Waals surface area (Å²) in [7, 11) is 0. The highest BCUT2D eigenvalue weighted by Crippen LogP contribution is 2.36. The molecule has 21 heavy (non-hydrogen) atoms. The van der Waals surface area contributed by atoms with Crippen LogP contribution in [0.2, 0.25) is 0 Å². The van der Waals surface area contributed by atoms with E-state index in [0.29, 0.717) is 0 Å². The fourth-order valence-corrected chi connectivity index (χ4v) is 2.97. The van der Waals surface area contributed by atoms with Gasteiger partial charge < -0.3 is 0 Å². The summed E-state index contributed by atoms with van der Waals surface area (Å²) in [5, 5.41) is 0. The predicted molar refractivity (Wildman–Crippen MR) is 90.0 cm³/mol. The van der Waals surface area contributed by atoms with Gasteiger partial charge in [0.15, 0.2) is 0 Å². The van der Waals surface area contributed by atoms with Crippen molar-refractivity contribution in [2.75, 3.05) is 0 Å². The van der Waals surface area contributed by atoms with Gasteiger partial charge in [0.2, 0.25) is 0 Å². The van der Waals surface area contributed by atoms with E-state index in [4.69, 9.17) is 5.84 Å². The molecule has 0 saturated heterocycles. The van der Waals surface area contributed by atoms with Crippen LogP contribution in [-0.2, 0) is 11.8 Å². The van der Waals surface area contributed by atoms with Gasteiger partial charge in [-0.25, -0.2) is 0 Å². The number of aryl methyl sites for hydroxylation is 1. The summed E-state index contributed by atoms with van der Waals surface area (Å²) in [6.07, 6.45) is 2.27. The van der Waals surface area contributed by atoms with Crippen LogP contribution < -0.4 is 11.3 Å². The minimum Gasteiger partial charge on any atom is -0.271 e. The lowest BCUT2D eigenvalue weighted by Crippen LogP contribution is -2.41. The largest absolute Gasteiger partial charge is 0.271 e. The van der Waals surface area contributed by atoms with E-state index in [9.17, 15) is 0 Å². The molecule has 1 unspecified atom stereocenters. The molecule has 0 aliphatic rings. The molecular weight excluding hydrogens is 256 g/mol. The van der Waals surface area contributed by atoms with Gasteiger partial charge in [-0.1, -0.05) is 81.8 Å². The molecule has 0 spiro atoms. The number of rotatable bonds is 6. The average Bonchev–Trinajstić information content (AvgIpc) is 2.49. The van der Waals surface area contributed by atoms with Crippen molar-refractivity contribution in [3.8, 4) is 0 Å². The monoisotopic (exact) mass is 282 g/mol. The molecule has 0 aromatic heterocycles. The van der Waals surface area contributed by atoms with Gasteiger partial charge in [0, 0.05) is 5.41 Å². The normalized spacial score (nSPS) is 13.1. The second kappa shape index (κ2) is 6.88. The van der Waals surface area contributed by atoms with Crippen LogP contribution in [0.15, 0.2) is 54.6 Å². The van der Waals surface area contributed by atoms with Crippen molar-refractivity contribution < 1.29 is 0 Å². The van der Waals surface area contributed by atoms with Gasteiger partial charge in [-0.05, 0) is 23.1 Å². The molecule has 0 bridgehead atoms. The molecule has 2 rings (SSSR count). The molecule has 0 radical (unpaired) electrons. The molecule has 0 heterocycles. The number of benzene rings is 2. The maximum atomic E-state index is 5.90. The Balaban J connectivity index is 2.37. The highest BCUT2D eigenvalue weighted by atomic mass is 15.2. The first kappa shape index (κ1) is 15.7. The molecule has 2 aromatic rings. The van der Waals surface area contributed by atoms with Crippen LogP contribution >= 0.6 is 0 Å².